The Balaban J connectivity index is 1.25. The Kier molecular flexibility index (Phi) is 6.64. The summed E-state index contributed by atoms with van der Waals surface area (Å²) in [5, 5.41) is 18.5. The van der Waals surface area contributed by atoms with Gasteiger partial charge in [0.1, 0.15) is 17.5 Å². The average Bonchev–Trinajstić information content (AvgIpc) is 3.62. The summed E-state index contributed by atoms with van der Waals surface area (Å²) in [6.07, 6.45) is 17.9. The van der Waals surface area contributed by atoms with Crippen molar-refractivity contribution in [1.82, 2.24) is 24.4 Å². The molecule has 196 valence electrons. The highest BCUT2D eigenvalue weighted by Gasteiger charge is 2.33. The van der Waals surface area contributed by atoms with Crippen LogP contribution in [0.3, 0.4) is 0 Å². The van der Waals surface area contributed by atoms with Crippen LogP contribution in [0.25, 0.3) is 27.8 Å². The number of pyridine rings is 2. The molecule has 0 aromatic carbocycles. The average molecular weight is 518 g/mol. The Bertz CT molecular complexity index is 1630. The summed E-state index contributed by atoms with van der Waals surface area (Å²) in [4.78, 5) is 7.13. The fourth-order valence-corrected chi connectivity index (χ4v) is 5.51. The van der Waals surface area contributed by atoms with E-state index in [0.717, 1.165) is 72.4 Å². The standard InChI is InChI=1S/C31H31N7O/c1-36-21-27(20-34-36)25-16-28(30-26(17-32)19-35-38(30)22-25)24-8-9-29(33-18-24)37-14-12-31(39-2,13-15-37)11-10-23-6-4-3-5-7-23/h6,8-9,16,18-22H,3-5,7,12-15H2,1-2H3. The lowest BCUT2D eigenvalue weighted by atomic mass is 9.90. The van der Waals surface area contributed by atoms with E-state index in [1.807, 2.05) is 31.8 Å². The van der Waals surface area contributed by atoms with E-state index >= 15 is 0 Å². The Labute approximate surface area is 228 Å². The van der Waals surface area contributed by atoms with Crippen LogP contribution >= 0.6 is 0 Å². The van der Waals surface area contributed by atoms with Gasteiger partial charge in [0.05, 0.1) is 23.5 Å². The third kappa shape index (κ3) is 4.92. The van der Waals surface area contributed by atoms with Crippen molar-refractivity contribution >= 4 is 11.3 Å². The maximum atomic E-state index is 9.71. The van der Waals surface area contributed by atoms with Crippen molar-refractivity contribution in [2.45, 2.75) is 44.1 Å². The van der Waals surface area contributed by atoms with Gasteiger partial charge >= 0.3 is 0 Å². The third-order valence-corrected chi connectivity index (χ3v) is 7.86. The van der Waals surface area contributed by atoms with Crippen molar-refractivity contribution < 1.29 is 4.74 Å². The second-order valence-electron chi connectivity index (χ2n) is 10.3. The number of methoxy groups -OCH3 is 1. The fourth-order valence-electron chi connectivity index (χ4n) is 5.51. The monoisotopic (exact) mass is 517 g/mol. The van der Waals surface area contributed by atoms with Crippen LogP contribution in [-0.4, -0.2) is 50.2 Å². The van der Waals surface area contributed by atoms with Gasteiger partial charge in [0.25, 0.3) is 0 Å². The van der Waals surface area contributed by atoms with Crippen molar-refractivity contribution in [1.29, 1.82) is 5.26 Å². The van der Waals surface area contributed by atoms with Gasteiger partial charge in [-0.1, -0.05) is 17.9 Å². The van der Waals surface area contributed by atoms with Crippen LogP contribution < -0.4 is 4.90 Å². The first kappa shape index (κ1) is 24.9. The van der Waals surface area contributed by atoms with Crippen LogP contribution in [0.4, 0.5) is 5.82 Å². The minimum atomic E-state index is -0.400. The summed E-state index contributed by atoms with van der Waals surface area (Å²) in [5.74, 6) is 7.82. The molecular weight excluding hydrogens is 486 g/mol. The lowest BCUT2D eigenvalue weighted by Gasteiger charge is -2.38. The minimum Gasteiger partial charge on any atom is -0.365 e. The smallest absolute Gasteiger partial charge is 0.132 e. The highest BCUT2D eigenvalue weighted by molar-refractivity contribution is 5.87. The SMILES string of the molecule is COC1(C#CC2=CCCCC2)CCN(c2ccc(-c3cc(-c4cnn(C)c4)cn4ncc(C#N)c34)cn2)CC1. The minimum absolute atomic E-state index is 0.400. The molecule has 0 atom stereocenters. The number of allylic oxidation sites excluding steroid dienone is 2. The number of anilines is 1. The van der Waals surface area contributed by atoms with Crippen LogP contribution in [-0.2, 0) is 11.8 Å². The molecule has 39 heavy (non-hydrogen) atoms. The number of ether oxygens (including phenoxy) is 1. The predicted octanol–water partition coefficient (Wildman–Crippen LogP) is 5.16. The molecule has 4 aromatic rings. The maximum absolute atomic E-state index is 9.71. The number of rotatable bonds is 4. The van der Waals surface area contributed by atoms with Crippen molar-refractivity contribution in [2.75, 3.05) is 25.1 Å². The zero-order valence-corrected chi connectivity index (χ0v) is 22.4. The summed E-state index contributed by atoms with van der Waals surface area (Å²) in [7, 11) is 3.67. The topological polar surface area (TPSA) is 84.3 Å². The molecule has 0 unspecified atom stereocenters. The number of nitrogens with zero attached hydrogens (tertiary/aromatic N) is 7. The summed E-state index contributed by atoms with van der Waals surface area (Å²) < 4.78 is 9.49. The molecule has 8 nitrogen and oxygen atoms in total. The zero-order valence-electron chi connectivity index (χ0n) is 22.4. The zero-order chi connectivity index (χ0) is 26.8. The molecule has 0 N–H and O–H groups in total. The van der Waals surface area contributed by atoms with Crippen molar-refractivity contribution in [2.24, 2.45) is 7.05 Å². The van der Waals surface area contributed by atoms with Gasteiger partial charge in [-0.25, -0.2) is 9.50 Å². The summed E-state index contributed by atoms with van der Waals surface area (Å²) in [5.41, 5.74) is 5.96. The van der Waals surface area contributed by atoms with E-state index in [1.165, 1.54) is 18.4 Å². The van der Waals surface area contributed by atoms with Crippen molar-refractivity contribution in [3.8, 4) is 40.2 Å². The molecule has 0 spiro atoms. The molecule has 0 amide bonds. The van der Waals surface area contributed by atoms with Crippen LogP contribution in [0, 0.1) is 23.2 Å². The van der Waals surface area contributed by atoms with Crippen LogP contribution in [0.15, 0.2) is 60.8 Å². The van der Waals surface area contributed by atoms with Gasteiger partial charge in [-0.3, -0.25) is 4.68 Å². The number of aromatic nitrogens is 5. The molecule has 5 heterocycles. The van der Waals surface area contributed by atoms with E-state index in [1.54, 1.807) is 22.5 Å². The van der Waals surface area contributed by atoms with Crippen molar-refractivity contribution in [3.63, 3.8) is 0 Å². The number of hydrogen-bond acceptors (Lipinski definition) is 6. The van der Waals surface area contributed by atoms with E-state index < -0.39 is 5.60 Å². The molecular formula is C31H31N7O. The molecule has 0 bridgehead atoms. The number of piperidine rings is 1. The lowest BCUT2D eigenvalue weighted by Crippen LogP contribution is -2.45. The van der Waals surface area contributed by atoms with Crippen molar-refractivity contribution in [3.05, 3.63) is 66.4 Å². The fraction of sp³-hybridized carbons (Fsp3) is 0.355. The normalized spacial score (nSPS) is 16.8. The van der Waals surface area contributed by atoms with E-state index in [4.69, 9.17) is 9.72 Å². The quantitative estimate of drug-likeness (QED) is 0.348. The number of aryl methyl sites for hydroxylation is 1. The maximum Gasteiger partial charge on any atom is 0.132 e. The highest BCUT2D eigenvalue weighted by atomic mass is 16.5. The van der Waals surface area contributed by atoms with E-state index in [-0.39, 0.29) is 0 Å². The Hall–Kier alpha value is -4.40. The molecule has 1 fully saturated rings. The first-order chi connectivity index (χ1) is 19.1. The molecule has 1 saturated heterocycles. The molecule has 2 aliphatic rings. The van der Waals surface area contributed by atoms with E-state index in [9.17, 15) is 5.26 Å². The number of fused-ring (bicyclic) bond motifs is 1. The second-order valence-corrected chi connectivity index (χ2v) is 10.3. The highest BCUT2D eigenvalue weighted by Crippen LogP contribution is 2.33. The first-order valence-corrected chi connectivity index (χ1v) is 13.5. The summed E-state index contributed by atoms with van der Waals surface area (Å²) >= 11 is 0. The van der Waals surface area contributed by atoms with Gasteiger partial charge in [0.15, 0.2) is 0 Å². The van der Waals surface area contributed by atoms with E-state index in [2.05, 4.69) is 57.3 Å². The number of hydrogen-bond donors (Lipinski definition) is 0. The molecule has 4 aromatic heterocycles. The molecule has 1 aliphatic heterocycles. The van der Waals surface area contributed by atoms with Gasteiger partial charge in [-0.05, 0) is 49.5 Å². The van der Waals surface area contributed by atoms with E-state index in [0.29, 0.717) is 5.56 Å². The number of nitriles is 1. The second kappa shape index (κ2) is 10.4. The molecule has 1 aliphatic carbocycles. The van der Waals surface area contributed by atoms with Gasteiger partial charge in [-0.15, -0.1) is 0 Å². The third-order valence-electron chi connectivity index (χ3n) is 7.86. The predicted molar refractivity (Wildman–Crippen MR) is 151 cm³/mol. The van der Waals surface area contributed by atoms with Gasteiger partial charge in [0.2, 0.25) is 0 Å². The molecule has 8 heteroatoms. The van der Waals surface area contributed by atoms with Gasteiger partial charge < -0.3 is 9.64 Å². The molecule has 6 rings (SSSR count). The first-order valence-electron chi connectivity index (χ1n) is 13.5. The summed E-state index contributed by atoms with van der Waals surface area (Å²) in [6.45, 7) is 1.66. The summed E-state index contributed by atoms with van der Waals surface area (Å²) in [6, 6.07) is 8.49. The lowest BCUT2D eigenvalue weighted by molar-refractivity contribution is 0.0207. The van der Waals surface area contributed by atoms with Crippen LogP contribution in [0.5, 0.6) is 0 Å². The Morgan fingerprint density at radius 3 is 2.54 bits per heavy atom. The van der Waals surface area contributed by atoms with Crippen LogP contribution in [0.2, 0.25) is 0 Å². The largest absolute Gasteiger partial charge is 0.365 e. The van der Waals surface area contributed by atoms with Gasteiger partial charge in [0, 0.05) is 80.9 Å². The van der Waals surface area contributed by atoms with Crippen LogP contribution in [0.1, 0.15) is 44.1 Å². The van der Waals surface area contributed by atoms with Gasteiger partial charge in [-0.2, -0.15) is 15.5 Å². The molecule has 0 saturated carbocycles. The molecule has 0 radical (unpaired) electrons. The Morgan fingerprint density at radius 1 is 1.00 bits per heavy atom. The Morgan fingerprint density at radius 2 is 1.87 bits per heavy atom.